The summed E-state index contributed by atoms with van der Waals surface area (Å²) < 4.78 is 0. The normalized spacial score (nSPS) is 24.6. The summed E-state index contributed by atoms with van der Waals surface area (Å²) in [7, 11) is 0. The topological polar surface area (TPSA) is 41.1 Å². The molecule has 0 spiro atoms. The molecular formula is C13H20N2OS. The summed E-state index contributed by atoms with van der Waals surface area (Å²) in [5.74, 6) is 0.178. The van der Waals surface area contributed by atoms with Crippen LogP contribution in [0.5, 0.6) is 0 Å². The Labute approximate surface area is 107 Å². The van der Waals surface area contributed by atoms with Crippen molar-refractivity contribution in [2.45, 2.75) is 33.2 Å². The SMILES string of the molecule is Cc1ccsc1CNC(=O)C1(C)CCCNC1. The van der Waals surface area contributed by atoms with Gasteiger partial charge in [0.15, 0.2) is 0 Å². The molecule has 0 bridgehead atoms. The molecule has 1 atom stereocenters. The fourth-order valence-corrected chi connectivity index (χ4v) is 3.06. The predicted octanol–water partition coefficient (Wildman–Crippen LogP) is 2.06. The number of piperidine rings is 1. The quantitative estimate of drug-likeness (QED) is 0.864. The summed E-state index contributed by atoms with van der Waals surface area (Å²) in [4.78, 5) is 13.4. The Morgan fingerprint density at radius 3 is 3.06 bits per heavy atom. The van der Waals surface area contributed by atoms with Gasteiger partial charge in [-0.2, -0.15) is 0 Å². The molecule has 0 aromatic carbocycles. The molecule has 94 valence electrons. The molecule has 3 nitrogen and oxygen atoms in total. The van der Waals surface area contributed by atoms with Crippen LogP contribution in [0, 0.1) is 12.3 Å². The van der Waals surface area contributed by atoms with Crippen molar-refractivity contribution in [2.24, 2.45) is 5.41 Å². The molecule has 2 N–H and O–H groups in total. The molecule has 1 aromatic rings. The first-order valence-electron chi connectivity index (χ1n) is 6.14. The number of carbonyl (C=O) groups excluding carboxylic acids is 1. The van der Waals surface area contributed by atoms with Gasteiger partial charge in [-0.1, -0.05) is 0 Å². The third-order valence-electron chi connectivity index (χ3n) is 3.52. The molecule has 1 fully saturated rings. The molecule has 1 aliphatic heterocycles. The minimum atomic E-state index is -0.233. The predicted molar refractivity (Wildman–Crippen MR) is 71.1 cm³/mol. The Kier molecular flexibility index (Phi) is 3.84. The molecule has 1 aliphatic rings. The maximum Gasteiger partial charge on any atom is 0.227 e. The molecule has 17 heavy (non-hydrogen) atoms. The molecule has 4 heteroatoms. The van der Waals surface area contributed by atoms with E-state index < -0.39 is 0 Å². The Balaban J connectivity index is 1.91. The van der Waals surface area contributed by atoms with Gasteiger partial charge in [0.1, 0.15) is 0 Å². The van der Waals surface area contributed by atoms with Gasteiger partial charge in [0.05, 0.1) is 12.0 Å². The molecule has 2 heterocycles. The number of thiophene rings is 1. The van der Waals surface area contributed by atoms with E-state index >= 15 is 0 Å². The summed E-state index contributed by atoms with van der Waals surface area (Å²) in [5.41, 5.74) is 1.03. The van der Waals surface area contributed by atoms with Crippen molar-refractivity contribution in [3.8, 4) is 0 Å². The largest absolute Gasteiger partial charge is 0.351 e. The van der Waals surface area contributed by atoms with Crippen LogP contribution in [0.15, 0.2) is 11.4 Å². The molecule has 0 aliphatic carbocycles. The van der Waals surface area contributed by atoms with Crippen LogP contribution in [0.4, 0.5) is 0 Å². The van der Waals surface area contributed by atoms with E-state index in [4.69, 9.17) is 0 Å². The van der Waals surface area contributed by atoms with Crippen LogP contribution in [-0.4, -0.2) is 19.0 Å². The summed E-state index contributed by atoms with van der Waals surface area (Å²) in [6.45, 7) is 6.63. The van der Waals surface area contributed by atoms with E-state index in [0.717, 1.165) is 25.9 Å². The van der Waals surface area contributed by atoms with Gasteiger partial charge in [0, 0.05) is 11.4 Å². The summed E-state index contributed by atoms with van der Waals surface area (Å²) in [5, 5.41) is 8.44. The lowest BCUT2D eigenvalue weighted by atomic mass is 9.82. The van der Waals surface area contributed by atoms with Gasteiger partial charge in [-0.3, -0.25) is 4.79 Å². The summed E-state index contributed by atoms with van der Waals surface area (Å²) >= 11 is 1.71. The highest BCUT2D eigenvalue weighted by atomic mass is 32.1. The van der Waals surface area contributed by atoms with Crippen molar-refractivity contribution in [1.29, 1.82) is 0 Å². The first-order valence-corrected chi connectivity index (χ1v) is 7.02. The van der Waals surface area contributed by atoms with E-state index in [2.05, 4.69) is 35.9 Å². The second kappa shape index (κ2) is 5.19. The minimum absolute atomic E-state index is 0.178. The average molecular weight is 252 g/mol. The zero-order valence-electron chi connectivity index (χ0n) is 10.5. The van der Waals surface area contributed by atoms with E-state index in [9.17, 15) is 4.79 Å². The maximum absolute atomic E-state index is 12.2. The smallest absolute Gasteiger partial charge is 0.227 e. The molecule has 0 radical (unpaired) electrons. The standard InChI is InChI=1S/C13H20N2OS/c1-10-4-7-17-11(10)8-15-12(16)13(2)5-3-6-14-9-13/h4,7,14H,3,5-6,8-9H2,1-2H3,(H,15,16). The number of nitrogens with one attached hydrogen (secondary N) is 2. The van der Waals surface area contributed by atoms with Crippen molar-refractivity contribution < 1.29 is 4.79 Å². The molecule has 2 rings (SSSR count). The van der Waals surface area contributed by atoms with Crippen LogP contribution < -0.4 is 10.6 Å². The Bertz CT molecular complexity index is 394. The molecule has 1 aromatic heterocycles. The Morgan fingerprint density at radius 2 is 2.47 bits per heavy atom. The second-order valence-corrected chi connectivity index (χ2v) is 6.05. The van der Waals surface area contributed by atoms with Crippen LogP contribution in [0.2, 0.25) is 0 Å². The molecule has 1 unspecified atom stereocenters. The second-order valence-electron chi connectivity index (χ2n) is 5.05. The zero-order chi connectivity index (χ0) is 12.3. The molecule has 1 saturated heterocycles. The zero-order valence-corrected chi connectivity index (χ0v) is 11.3. The van der Waals surface area contributed by atoms with Gasteiger partial charge in [-0.15, -0.1) is 11.3 Å². The first kappa shape index (κ1) is 12.6. The van der Waals surface area contributed by atoms with Crippen LogP contribution in [0.25, 0.3) is 0 Å². The highest BCUT2D eigenvalue weighted by Crippen LogP contribution is 2.26. The lowest BCUT2D eigenvalue weighted by Crippen LogP contribution is -2.48. The minimum Gasteiger partial charge on any atom is -0.351 e. The van der Waals surface area contributed by atoms with E-state index in [0.29, 0.717) is 6.54 Å². The number of carbonyl (C=O) groups is 1. The lowest BCUT2D eigenvalue weighted by Gasteiger charge is -2.32. The highest BCUT2D eigenvalue weighted by Gasteiger charge is 2.34. The van der Waals surface area contributed by atoms with Crippen molar-refractivity contribution in [3.05, 3.63) is 21.9 Å². The van der Waals surface area contributed by atoms with Crippen molar-refractivity contribution in [2.75, 3.05) is 13.1 Å². The van der Waals surface area contributed by atoms with E-state index in [1.165, 1.54) is 10.4 Å². The molecular weight excluding hydrogens is 232 g/mol. The lowest BCUT2D eigenvalue weighted by molar-refractivity contribution is -0.131. The van der Waals surface area contributed by atoms with E-state index in [1.807, 2.05) is 0 Å². The third kappa shape index (κ3) is 2.87. The maximum atomic E-state index is 12.2. The van der Waals surface area contributed by atoms with Gasteiger partial charge in [-0.05, 0) is 50.2 Å². The van der Waals surface area contributed by atoms with E-state index in [1.54, 1.807) is 11.3 Å². The summed E-state index contributed by atoms with van der Waals surface area (Å²) in [6, 6.07) is 2.09. The monoisotopic (exact) mass is 252 g/mol. The van der Waals surface area contributed by atoms with Crippen molar-refractivity contribution >= 4 is 17.2 Å². The first-order chi connectivity index (χ1) is 8.12. The number of amides is 1. The number of rotatable bonds is 3. The van der Waals surface area contributed by atoms with E-state index in [-0.39, 0.29) is 11.3 Å². The van der Waals surface area contributed by atoms with Crippen LogP contribution in [0.3, 0.4) is 0 Å². The van der Waals surface area contributed by atoms with Gasteiger partial charge in [-0.25, -0.2) is 0 Å². The van der Waals surface area contributed by atoms with Gasteiger partial charge in [0.2, 0.25) is 5.91 Å². The van der Waals surface area contributed by atoms with Crippen LogP contribution in [0.1, 0.15) is 30.2 Å². The highest BCUT2D eigenvalue weighted by molar-refractivity contribution is 7.10. The number of hydrogen-bond acceptors (Lipinski definition) is 3. The third-order valence-corrected chi connectivity index (χ3v) is 4.55. The Hall–Kier alpha value is -0.870. The number of aryl methyl sites for hydroxylation is 1. The van der Waals surface area contributed by atoms with Gasteiger partial charge >= 0.3 is 0 Å². The van der Waals surface area contributed by atoms with Crippen molar-refractivity contribution in [1.82, 2.24) is 10.6 Å². The number of hydrogen-bond donors (Lipinski definition) is 2. The van der Waals surface area contributed by atoms with Crippen molar-refractivity contribution in [3.63, 3.8) is 0 Å². The van der Waals surface area contributed by atoms with Crippen LogP contribution in [-0.2, 0) is 11.3 Å². The average Bonchev–Trinajstić information content (AvgIpc) is 2.73. The van der Waals surface area contributed by atoms with Gasteiger partial charge in [0.25, 0.3) is 0 Å². The molecule has 1 amide bonds. The summed E-state index contributed by atoms with van der Waals surface area (Å²) in [6.07, 6.45) is 2.07. The van der Waals surface area contributed by atoms with Crippen LogP contribution >= 0.6 is 11.3 Å². The Morgan fingerprint density at radius 1 is 1.65 bits per heavy atom. The fraction of sp³-hybridized carbons (Fsp3) is 0.615. The molecule has 0 saturated carbocycles. The fourth-order valence-electron chi connectivity index (χ4n) is 2.21. The van der Waals surface area contributed by atoms with Gasteiger partial charge < -0.3 is 10.6 Å².